The molecule has 0 amide bonds. The van der Waals surface area contributed by atoms with Crippen molar-refractivity contribution in [3.8, 4) is 0 Å². The molecule has 1 aromatic heterocycles. The summed E-state index contributed by atoms with van der Waals surface area (Å²) in [6.45, 7) is 4.66. The molecule has 19 heavy (non-hydrogen) atoms. The van der Waals surface area contributed by atoms with Gasteiger partial charge in [-0.15, -0.1) is 0 Å². The quantitative estimate of drug-likeness (QED) is 0.719. The maximum Gasteiger partial charge on any atom is 0.258 e. The Morgan fingerprint density at radius 2 is 2.16 bits per heavy atom. The Labute approximate surface area is 113 Å². The van der Waals surface area contributed by atoms with E-state index >= 15 is 0 Å². The second-order valence-corrected chi connectivity index (χ2v) is 7.90. The van der Waals surface area contributed by atoms with Crippen LogP contribution in [-0.2, 0) is 16.6 Å². The Bertz CT molecular complexity index is 574. The monoisotopic (exact) mass is 284 g/mol. The van der Waals surface area contributed by atoms with Gasteiger partial charge in [0.15, 0.2) is 5.03 Å². The molecule has 1 atom stereocenters. The first kappa shape index (κ1) is 13.1. The number of rotatable bonds is 6. The molecular formula is C12H20N4O2S. The van der Waals surface area contributed by atoms with E-state index in [1.54, 1.807) is 6.20 Å². The molecular weight excluding hydrogens is 264 g/mol. The van der Waals surface area contributed by atoms with Gasteiger partial charge in [-0.3, -0.25) is 5.10 Å². The van der Waals surface area contributed by atoms with E-state index in [9.17, 15) is 8.42 Å². The van der Waals surface area contributed by atoms with Gasteiger partial charge in [0.05, 0.1) is 6.20 Å². The number of sulfonamides is 1. The largest absolute Gasteiger partial charge is 0.310 e. The molecule has 1 unspecified atom stereocenters. The summed E-state index contributed by atoms with van der Waals surface area (Å²) >= 11 is 0. The summed E-state index contributed by atoms with van der Waals surface area (Å²) in [4.78, 5) is 0. The lowest BCUT2D eigenvalue weighted by Gasteiger charge is -2.08. The molecule has 106 valence electrons. The highest BCUT2D eigenvalue weighted by atomic mass is 32.2. The molecule has 2 aliphatic carbocycles. The standard InChI is InChI=1S/C12H20N4O2S/c1-12(2)5-10(12)16-19(17,18)11-8(7-14-15-11)6-13-9-3-4-9/h7,9-10,13,16H,3-6H2,1-2H3,(H,14,15). The highest BCUT2D eigenvalue weighted by Crippen LogP contribution is 2.45. The molecule has 0 spiro atoms. The number of H-pyrrole nitrogens is 1. The number of hydrogen-bond donors (Lipinski definition) is 3. The minimum absolute atomic E-state index is 0.0324. The normalized spacial score (nSPS) is 25.5. The highest BCUT2D eigenvalue weighted by Gasteiger charge is 2.48. The molecule has 0 saturated heterocycles. The van der Waals surface area contributed by atoms with E-state index in [0.29, 0.717) is 18.2 Å². The molecule has 0 bridgehead atoms. The van der Waals surface area contributed by atoms with Gasteiger partial charge in [0.25, 0.3) is 10.0 Å². The van der Waals surface area contributed by atoms with E-state index in [-0.39, 0.29) is 16.5 Å². The third-order valence-corrected chi connectivity index (χ3v) is 5.40. The van der Waals surface area contributed by atoms with E-state index in [2.05, 4.69) is 34.1 Å². The van der Waals surface area contributed by atoms with Crippen LogP contribution < -0.4 is 10.0 Å². The predicted octanol–water partition coefficient (Wildman–Crippen LogP) is 0.738. The van der Waals surface area contributed by atoms with Gasteiger partial charge in [-0.05, 0) is 24.7 Å². The first-order valence-electron chi connectivity index (χ1n) is 6.66. The Kier molecular flexibility index (Phi) is 2.95. The molecule has 0 radical (unpaired) electrons. The van der Waals surface area contributed by atoms with Crippen LogP contribution in [0.15, 0.2) is 11.2 Å². The summed E-state index contributed by atoms with van der Waals surface area (Å²) in [5, 5.41) is 9.98. The average molecular weight is 284 g/mol. The summed E-state index contributed by atoms with van der Waals surface area (Å²) < 4.78 is 27.3. The lowest BCUT2D eigenvalue weighted by Crippen LogP contribution is -2.30. The summed E-state index contributed by atoms with van der Waals surface area (Å²) in [7, 11) is -3.49. The van der Waals surface area contributed by atoms with Gasteiger partial charge in [0.2, 0.25) is 0 Å². The van der Waals surface area contributed by atoms with Gasteiger partial charge in [-0.25, -0.2) is 13.1 Å². The number of nitrogens with one attached hydrogen (secondary N) is 3. The number of nitrogens with zero attached hydrogens (tertiary/aromatic N) is 1. The van der Waals surface area contributed by atoms with Gasteiger partial charge in [0.1, 0.15) is 0 Å². The fourth-order valence-corrected chi connectivity index (χ4v) is 3.65. The zero-order chi connectivity index (χ0) is 13.7. The fourth-order valence-electron chi connectivity index (χ4n) is 2.11. The van der Waals surface area contributed by atoms with Gasteiger partial charge >= 0.3 is 0 Å². The van der Waals surface area contributed by atoms with E-state index in [1.807, 2.05) is 0 Å². The van der Waals surface area contributed by atoms with E-state index in [1.165, 1.54) is 12.8 Å². The number of aromatic nitrogens is 2. The molecule has 1 aromatic rings. The third kappa shape index (κ3) is 2.82. The maximum absolute atomic E-state index is 12.3. The van der Waals surface area contributed by atoms with Crippen molar-refractivity contribution in [3.05, 3.63) is 11.8 Å². The van der Waals surface area contributed by atoms with Crippen molar-refractivity contribution in [2.24, 2.45) is 5.41 Å². The lowest BCUT2D eigenvalue weighted by molar-refractivity contribution is 0.549. The molecule has 0 aromatic carbocycles. The zero-order valence-corrected chi connectivity index (χ0v) is 12.0. The third-order valence-electron chi connectivity index (χ3n) is 3.92. The van der Waals surface area contributed by atoms with Crippen molar-refractivity contribution >= 4 is 10.0 Å². The number of aromatic amines is 1. The Balaban J connectivity index is 1.71. The molecule has 7 heteroatoms. The van der Waals surface area contributed by atoms with Crippen LogP contribution in [0, 0.1) is 5.41 Å². The van der Waals surface area contributed by atoms with Crippen LogP contribution in [0.4, 0.5) is 0 Å². The van der Waals surface area contributed by atoms with Crippen molar-refractivity contribution < 1.29 is 8.42 Å². The minimum Gasteiger partial charge on any atom is -0.310 e. The molecule has 6 nitrogen and oxygen atoms in total. The Morgan fingerprint density at radius 1 is 1.47 bits per heavy atom. The first-order chi connectivity index (χ1) is 8.88. The van der Waals surface area contributed by atoms with Gasteiger partial charge in [0, 0.05) is 24.2 Å². The molecule has 2 aliphatic rings. The first-order valence-corrected chi connectivity index (χ1v) is 8.15. The van der Waals surface area contributed by atoms with Crippen molar-refractivity contribution in [3.63, 3.8) is 0 Å². The van der Waals surface area contributed by atoms with Crippen molar-refractivity contribution in [2.45, 2.75) is 56.8 Å². The van der Waals surface area contributed by atoms with Crippen molar-refractivity contribution in [2.75, 3.05) is 0 Å². The van der Waals surface area contributed by atoms with Crippen LogP contribution in [-0.4, -0.2) is 30.7 Å². The zero-order valence-electron chi connectivity index (χ0n) is 11.2. The summed E-state index contributed by atoms with van der Waals surface area (Å²) in [5.74, 6) is 0. The van der Waals surface area contributed by atoms with Crippen LogP contribution >= 0.6 is 0 Å². The van der Waals surface area contributed by atoms with Gasteiger partial charge in [-0.2, -0.15) is 5.10 Å². The molecule has 2 saturated carbocycles. The van der Waals surface area contributed by atoms with E-state index < -0.39 is 10.0 Å². The fraction of sp³-hybridized carbons (Fsp3) is 0.750. The van der Waals surface area contributed by atoms with E-state index in [0.717, 1.165) is 6.42 Å². The van der Waals surface area contributed by atoms with E-state index in [4.69, 9.17) is 0 Å². The molecule has 2 fully saturated rings. The number of hydrogen-bond acceptors (Lipinski definition) is 4. The van der Waals surface area contributed by atoms with Crippen LogP contribution in [0.25, 0.3) is 0 Å². The summed E-state index contributed by atoms with van der Waals surface area (Å²) in [6, 6.07) is 0.575. The van der Waals surface area contributed by atoms with Crippen molar-refractivity contribution in [1.29, 1.82) is 0 Å². The van der Waals surface area contributed by atoms with Gasteiger partial charge in [-0.1, -0.05) is 13.8 Å². The van der Waals surface area contributed by atoms with Crippen LogP contribution in [0.5, 0.6) is 0 Å². The van der Waals surface area contributed by atoms with Crippen LogP contribution in [0.3, 0.4) is 0 Å². The molecule has 1 heterocycles. The topological polar surface area (TPSA) is 86.9 Å². The predicted molar refractivity (Wildman–Crippen MR) is 71.0 cm³/mol. The lowest BCUT2D eigenvalue weighted by atomic mass is 10.2. The SMILES string of the molecule is CC1(C)CC1NS(=O)(=O)c1[nH]ncc1CNC1CC1. The Hall–Kier alpha value is -0.920. The molecule has 3 rings (SSSR count). The van der Waals surface area contributed by atoms with Crippen LogP contribution in [0.2, 0.25) is 0 Å². The smallest absolute Gasteiger partial charge is 0.258 e. The maximum atomic E-state index is 12.3. The molecule has 0 aliphatic heterocycles. The summed E-state index contributed by atoms with van der Waals surface area (Å²) in [6.07, 6.45) is 4.82. The minimum atomic E-state index is -3.49. The molecule has 3 N–H and O–H groups in total. The van der Waals surface area contributed by atoms with Crippen molar-refractivity contribution in [1.82, 2.24) is 20.2 Å². The van der Waals surface area contributed by atoms with Gasteiger partial charge < -0.3 is 5.32 Å². The average Bonchev–Trinajstić information content (AvgIpc) is 3.16. The second-order valence-electron chi connectivity index (χ2n) is 6.25. The highest BCUT2D eigenvalue weighted by molar-refractivity contribution is 7.89. The Morgan fingerprint density at radius 3 is 2.74 bits per heavy atom. The van der Waals surface area contributed by atoms with Crippen LogP contribution in [0.1, 0.15) is 38.7 Å². The summed E-state index contributed by atoms with van der Waals surface area (Å²) in [5.41, 5.74) is 0.775. The second kappa shape index (κ2) is 4.29.